The fraction of sp³-hybridized carbons (Fsp3) is 0. The van der Waals surface area contributed by atoms with E-state index >= 15 is 0 Å². The van der Waals surface area contributed by atoms with Crippen molar-refractivity contribution in [3.05, 3.63) is 479 Å². The van der Waals surface area contributed by atoms with E-state index < -0.39 is 0 Å². The van der Waals surface area contributed by atoms with Gasteiger partial charge in [0.15, 0.2) is 52.4 Å². The Labute approximate surface area is 819 Å². The Morgan fingerprint density at radius 2 is 0.322 bits per heavy atom. The van der Waals surface area contributed by atoms with Crippen LogP contribution in [0.1, 0.15) is 0 Å². The fourth-order valence-electron chi connectivity index (χ4n) is 20.5. The molecule has 0 aliphatic rings. The minimum absolute atomic E-state index is 0.630. The summed E-state index contributed by atoms with van der Waals surface area (Å²) in [5, 5.41) is 25.2. The number of fused-ring (bicyclic) bond motifs is 17. The molecule has 0 atom stereocenters. The Hall–Kier alpha value is -19.4. The lowest BCUT2D eigenvalue weighted by Crippen LogP contribution is -2.00. The first-order valence-electron chi connectivity index (χ1n) is 47.9. The first kappa shape index (κ1) is 83.0. The van der Waals surface area contributed by atoms with Gasteiger partial charge in [0.1, 0.15) is 33.5 Å². The standard InChI is InChI=1S/2C45H27N3O.C41H25N3O/c1-3-11-31-25-33(22-19-28(31)9-1)43-46-44(34-23-20-29-10-2-4-12-32(29)26-34)48-45(47-43)35-24-21-30-13-7-15-36(39(30)27-35)37-16-8-18-41-42(37)38-14-5-6-17-40(38)49-41;1-3-11-30-25-33(21-19-28(30)9-1)43-46-44(34-22-20-29-10-2-4-12-31(29)26-34)48-45(47-43)35-23-24-36-32(27-35)13-7-15-37(36)38-16-8-18-41-42(38)39-14-5-6-17-40(39)49-41;1-2-11-27(12-3-1)39-42-40(30-21-20-26-10-4-5-13-28(26)24-30)44-41(43-39)31-22-23-32-29(25-31)14-8-16-33(32)34-17-9-19-37-38(34)35-15-6-7-18-36(35)45-37/h2*1-27H;1-25H. The highest BCUT2D eigenvalue weighted by Crippen LogP contribution is 2.46. The number of furan rings is 3. The van der Waals surface area contributed by atoms with E-state index in [9.17, 15) is 0 Å². The van der Waals surface area contributed by atoms with Gasteiger partial charge in [-0.1, -0.05) is 394 Å². The Balaban J connectivity index is 0.000000107. The molecule has 0 bridgehead atoms. The van der Waals surface area contributed by atoms with Crippen LogP contribution in [0.25, 0.3) is 288 Å². The Bertz CT molecular complexity index is 10000. The quantitative estimate of drug-likeness (QED) is 0.114. The first-order valence-corrected chi connectivity index (χ1v) is 47.9. The summed E-state index contributed by atoms with van der Waals surface area (Å²) in [7, 11) is 0. The Morgan fingerprint density at radius 1 is 0.112 bits per heavy atom. The minimum Gasteiger partial charge on any atom is -0.456 e. The highest BCUT2D eigenvalue weighted by molar-refractivity contribution is 6.19. The first-order chi connectivity index (χ1) is 70.8. The van der Waals surface area contributed by atoms with Crippen molar-refractivity contribution in [3.8, 4) is 136 Å². The molecule has 666 valence electrons. The molecule has 0 N–H and O–H groups in total. The molecule has 0 saturated carbocycles. The molecule has 12 nitrogen and oxygen atoms in total. The number of nitrogens with zero attached hydrogens (tertiary/aromatic N) is 9. The zero-order valence-electron chi connectivity index (χ0n) is 76.9. The van der Waals surface area contributed by atoms with Gasteiger partial charge in [0.2, 0.25) is 0 Å². The van der Waals surface area contributed by atoms with Gasteiger partial charge in [-0.3, -0.25) is 0 Å². The van der Waals surface area contributed by atoms with Gasteiger partial charge in [0.25, 0.3) is 0 Å². The van der Waals surface area contributed by atoms with Crippen LogP contribution >= 0.6 is 0 Å². The van der Waals surface area contributed by atoms with Crippen LogP contribution in [0, 0.1) is 0 Å². The average molecular weight is 1830 g/mol. The van der Waals surface area contributed by atoms with Gasteiger partial charge in [-0.2, -0.15) is 0 Å². The Morgan fingerprint density at radius 3 is 0.636 bits per heavy atom. The smallest absolute Gasteiger partial charge is 0.164 e. The third kappa shape index (κ3) is 15.4. The second kappa shape index (κ2) is 35.0. The third-order valence-corrected chi connectivity index (χ3v) is 27.5. The molecule has 23 aromatic carbocycles. The van der Waals surface area contributed by atoms with Crippen molar-refractivity contribution < 1.29 is 13.3 Å². The third-order valence-electron chi connectivity index (χ3n) is 27.5. The maximum Gasteiger partial charge on any atom is 0.164 e. The second-order valence-corrected chi connectivity index (χ2v) is 36.1. The predicted molar refractivity (Wildman–Crippen MR) is 587 cm³/mol. The van der Waals surface area contributed by atoms with Crippen LogP contribution in [0.15, 0.2) is 492 Å². The van der Waals surface area contributed by atoms with Gasteiger partial charge in [-0.15, -0.1) is 0 Å². The molecule has 0 aliphatic heterocycles. The van der Waals surface area contributed by atoms with E-state index in [-0.39, 0.29) is 0 Å². The van der Waals surface area contributed by atoms with Gasteiger partial charge in [-0.05, 0) is 204 Å². The van der Waals surface area contributed by atoms with Crippen molar-refractivity contribution in [2.24, 2.45) is 0 Å². The topological polar surface area (TPSA) is 155 Å². The van der Waals surface area contributed by atoms with Gasteiger partial charge in [0.05, 0.1) is 0 Å². The van der Waals surface area contributed by atoms with Crippen LogP contribution in [0.4, 0.5) is 0 Å². The lowest BCUT2D eigenvalue weighted by atomic mass is 9.93. The molecule has 0 amide bonds. The molecule has 6 aromatic heterocycles. The summed E-state index contributed by atoms with van der Waals surface area (Å²) < 4.78 is 18.7. The van der Waals surface area contributed by atoms with Crippen LogP contribution in [-0.2, 0) is 0 Å². The molecule has 0 saturated heterocycles. The summed E-state index contributed by atoms with van der Waals surface area (Å²) >= 11 is 0. The monoisotopic (exact) mass is 1830 g/mol. The van der Waals surface area contributed by atoms with Crippen LogP contribution < -0.4 is 0 Å². The van der Waals surface area contributed by atoms with E-state index in [1.807, 2.05) is 84.9 Å². The maximum absolute atomic E-state index is 6.26. The van der Waals surface area contributed by atoms with Crippen LogP contribution in [0.3, 0.4) is 0 Å². The maximum atomic E-state index is 6.26. The number of rotatable bonds is 12. The van der Waals surface area contributed by atoms with Crippen molar-refractivity contribution in [1.29, 1.82) is 0 Å². The molecule has 6 heterocycles. The van der Waals surface area contributed by atoms with Crippen LogP contribution in [0.2, 0.25) is 0 Å². The minimum atomic E-state index is 0.630. The Kier molecular flexibility index (Phi) is 20.3. The number of aromatic nitrogens is 9. The number of benzene rings is 23. The largest absolute Gasteiger partial charge is 0.456 e. The number of hydrogen-bond donors (Lipinski definition) is 0. The molecule has 0 aliphatic carbocycles. The van der Waals surface area contributed by atoms with E-state index in [1.165, 1.54) is 26.9 Å². The van der Waals surface area contributed by atoms with Crippen molar-refractivity contribution in [2.75, 3.05) is 0 Å². The summed E-state index contributed by atoms with van der Waals surface area (Å²) in [6.07, 6.45) is 0. The zero-order chi connectivity index (χ0) is 94.4. The van der Waals surface area contributed by atoms with Crippen LogP contribution in [0.5, 0.6) is 0 Å². The van der Waals surface area contributed by atoms with Crippen LogP contribution in [-0.4, -0.2) is 44.9 Å². The summed E-state index contributed by atoms with van der Waals surface area (Å²) in [5.41, 5.74) is 20.7. The predicted octanol–water partition coefficient (Wildman–Crippen LogP) is 34.5. The van der Waals surface area contributed by atoms with E-state index in [1.54, 1.807) is 0 Å². The van der Waals surface area contributed by atoms with Gasteiger partial charge < -0.3 is 13.3 Å². The molecular weight excluding hydrogens is 1750 g/mol. The summed E-state index contributed by atoms with van der Waals surface area (Å²) in [4.78, 5) is 45.5. The normalized spacial score (nSPS) is 11.6. The molecule has 29 aromatic rings. The number of hydrogen-bond acceptors (Lipinski definition) is 12. The van der Waals surface area contributed by atoms with Crippen molar-refractivity contribution in [2.45, 2.75) is 0 Å². The molecule has 0 spiro atoms. The zero-order valence-corrected chi connectivity index (χ0v) is 76.9. The summed E-state index contributed by atoms with van der Waals surface area (Å²) in [5.74, 6) is 5.78. The summed E-state index contributed by atoms with van der Waals surface area (Å²) in [6, 6.07) is 166. The molecular formula is C131H79N9O3. The lowest BCUT2D eigenvalue weighted by Gasteiger charge is -2.12. The summed E-state index contributed by atoms with van der Waals surface area (Å²) in [6.45, 7) is 0. The molecule has 0 unspecified atom stereocenters. The molecule has 12 heteroatoms. The molecule has 143 heavy (non-hydrogen) atoms. The lowest BCUT2D eigenvalue weighted by molar-refractivity contribution is 0.668. The SMILES string of the molecule is c1ccc(-c2nc(-c3ccc4ccccc4c3)nc(-c3ccc4c(-c5cccc6oc7ccccc7c56)cccc4c3)n2)cc1.c1ccc2cc(-c3nc(-c4ccc5ccccc5c4)nc(-c4ccc5c(-c6cccc7oc8ccccc8c67)cccc5c4)n3)ccc2c1.c1ccc2cc(-c3nc(-c4ccc5ccccc5c4)nc(-c4ccc5cccc(-c6cccc7oc8ccccc8c67)c5c4)n3)ccc2c1. The van der Waals surface area contributed by atoms with Gasteiger partial charge in [0, 0.05) is 82.4 Å². The molecule has 0 fully saturated rings. The van der Waals surface area contributed by atoms with Gasteiger partial charge >= 0.3 is 0 Å². The fourth-order valence-corrected chi connectivity index (χ4v) is 20.5. The van der Waals surface area contributed by atoms with Crippen molar-refractivity contribution in [3.63, 3.8) is 0 Å². The molecule has 29 rings (SSSR count). The molecule has 0 radical (unpaired) electrons. The van der Waals surface area contributed by atoms with E-state index in [0.717, 1.165) is 209 Å². The van der Waals surface area contributed by atoms with E-state index in [4.69, 9.17) is 58.1 Å². The number of para-hydroxylation sites is 3. The van der Waals surface area contributed by atoms with E-state index in [2.05, 4.69) is 394 Å². The van der Waals surface area contributed by atoms with Crippen molar-refractivity contribution >= 4 is 152 Å². The van der Waals surface area contributed by atoms with Gasteiger partial charge in [-0.25, -0.2) is 44.9 Å². The van der Waals surface area contributed by atoms with Crippen molar-refractivity contribution in [1.82, 2.24) is 44.9 Å². The second-order valence-electron chi connectivity index (χ2n) is 36.1. The highest BCUT2D eigenvalue weighted by Gasteiger charge is 2.24. The highest BCUT2D eigenvalue weighted by atomic mass is 16.3. The van der Waals surface area contributed by atoms with E-state index in [0.29, 0.717) is 52.4 Å². The average Bonchev–Trinajstić information content (AvgIpc) is 1.59.